The SMILES string of the molecule is Cc1ccc2oc(C(=O)C(N)C(C)C)cc2c1. The third kappa shape index (κ3) is 2.24. The van der Waals surface area contributed by atoms with E-state index in [9.17, 15) is 4.79 Å². The van der Waals surface area contributed by atoms with Gasteiger partial charge in [-0.2, -0.15) is 0 Å². The van der Waals surface area contributed by atoms with Crippen LogP contribution < -0.4 is 5.73 Å². The highest BCUT2D eigenvalue weighted by atomic mass is 16.3. The maximum Gasteiger partial charge on any atom is 0.214 e. The number of rotatable bonds is 3. The summed E-state index contributed by atoms with van der Waals surface area (Å²) in [5, 5.41) is 0.948. The molecule has 1 heterocycles. The molecular weight excluding hydrogens is 214 g/mol. The van der Waals surface area contributed by atoms with Crippen LogP contribution in [0, 0.1) is 12.8 Å². The Kier molecular flexibility index (Phi) is 3.03. The highest BCUT2D eigenvalue weighted by molar-refractivity contribution is 6.01. The van der Waals surface area contributed by atoms with Gasteiger partial charge in [0.1, 0.15) is 5.58 Å². The van der Waals surface area contributed by atoms with Crippen LogP contribution in [0.2, 0.25) is 0 Å². The van der Waals surface area contributed by atoms with Crippen molar-refractivity contribution >= 4 is 16.8 Å². The largest absolute Gasteiger partial charge is 0.453 e. The van der Waals surface area contributed by atoms with Gasteiger partial charge in [0.2, 0.25) is 5.78 Å². The van der Waals surface area contributed by atoms with Crippen LogP contribution in [0.4, 0.5) is 0 Å². The number of benzene rings is 1. The molecule has 0 aliphatic rings. The Morgan fingerprint density at radius 1 is 1.29 bits per heavy atom. The van der Waals surface area contributed by atoms with Crippen LogP contribution in [0.15, 0.2) is 28.7 Å². The van der Waals surface area contributed by atoms with E-state index in [0.29, 0.717) is 5.76 Å². The molecule has 0 saturated carbocycles. The minimum absolute atomic E-state index is 0.109. The quantitative estimate of drug-likeness (QED) is 0.826. The normalized spacial score (nSPS) is 13.2. The molecule has 3 heteroatoms. The molecule has 0 radical (unpaired) electrons. The second kappa shape index (κ2) is 4.34. The standard InChI is InChI=1S/C14H17NO2/c1-8(2)13(15)14(16)12-7-10-6-9(3)4-5-11(10)17-12/h4-8,13H,15H2,1-3H3. The van der Waals surface area contributed by atoms with E-state index in [0.717, 1.165) is 16.5 Å². The molecule has 0 fully saturated rings. The molecule has 0 saturated heterocycles. The molecule has 1 aromatic heterocycles. The molecule has 0 bridgehead atoms. The predicted molar refractivity (Wildman–Crippen MR) is 68.1 cm³/mol. The lowest BCUT2D eigenvalue weighted by Gasteiger charge is -2.11. The van der Waals surface area contributed by atoms with Crippen molar-refractivity contribution in [3.8, 4) is 0 Å². The minimum Gasteiger partial charge on any atom is -0.453 e. The molecule has 0 aliphatic heterocycles. The molecule has 3 nitrogen and oxygen atoms in total. The maximum absolute atomic E-state index is 12.0. The van der Waals surface area contributed by atoms with Gasteiger partial charge in [0.25, 0.3) is 0 Å². The molecule has 17 heavy (non-hydrogen) atoms. The van der Waals surface area contributed by atoms with Crippen molar-refractivity contribution in [1.82, 2.24) is 0 Å². The zero-order chi connectivity index (χ0) is 12.6. The Morgan fingerprint density at radius 2 is 2.00 bits per heavy atom. The molecule has 2 aromatic rings. The molecule has 0 amide bonds. The third-order valence-electron chi connectivity index (χ3n) is 2.94. The first-order valence-corrected chi connectivity index (χ1v) is 5.79. The summed E-state index contributed by atoms with van der Waals surface area (Å²) >= 11 is 0. The van der Waals surface area contributed by atoms with E-state index < -0.39 is 6.04 Å². The van der Waals surface area contributed by atoms with Crippen molar-refractivity contribution < 1.29 is 9.21 Å². The molecular formula is C14H17NO2. The van der Waals surface area contributed by atoms with Crippen LogP contribution in [-0.2, 0) is 0 Å². The third-order valence-corrected chi connectivity index (χ3v) is 2.94. The van der Waals surface area contributed by atoms with Crippen molar-refractivity contribution in [3.05, 3.63) is 35.6 Å². The fourth-order valence-corrected chi connectivity index (χ4v) is 1.75. The second-order valence-electron chi connectivity index (χ2n) is 4.79. The number of carbonyl (C=O) groups is 1. The minimum atomic E-state index is -0.503. The van der Waals surface area contributed by atoms with Crippen LogP contribution in [-0.4, -0.2) is 11.8 Å². The molecule has 1 aromatic carbocycles. The average molecular weight is 231 g/mol. The van der Waals surface area contributed by atoms with Crippen LogP contribution in [0.3, 0.4) is 0 Å². The van der Waals surface area contributed by atoms with Crippen LogP contribution >= 0.6 is 0 Å². The Hall–Kier alpha value is -1.61. The second-order valence-corrected chi connectivity index (χ2v) is 4.79. The summed E-state index contributed by atoms with van der Waals surface area (Å²) in [6, 6.07) is 7.10. The number of fused-ring (bicyclic) bond motifs is 1. The lowest BCUT2D eigenvalue weighted by molar-refractivity contribution is 0.0915. The highest BCUT2D eigenvalue weighted by Crippen LogP contribution is 2.22. The summed E-state index contributed by atoms with van der Waals surface area (Å²) in [4.78, 5) is 12.0. The monoisotopic (exact) mass is 231 g/mol. The van der Waals surface area contributed by atoms with Crippen LogP contribution in [0.25, 0.3) is 11.0 Å². The molecule has 0 spiro atoms. The topological polar surface area (TPSA) is 56.2 Å². The Bertz CT molecular complexity index is 554. The number of carbonyl (C=O) groups excluding carboxylic acids is 1. The van der Waals surface area contributed by atoms with E-state index in [1.807, 2.05) is 39.0 Å². The van der Waals surface area contributed by atoms with E-state index in [1.54, 1.807) is 6.07 Å². The molecule has 1 unspecified atom stereocenters. The first-order chi connectivity index (χ1) is 7.99. The van der Waals surface area contributed by atoms with Gasteiger partial charge in [0.05, 0.1) is 6.04 Å². The number of furan rings is 1. The highest BCUT2D eigenvalue weighted by Gasteiger charge is 2.22. The summed E-state index contributed by atoms with van der Waals surface area (Å²) in [5.41, 5.74) is 7.71. The Balaban J connectivity index is 2.40. The fourth-order valence-electron chi connectivity index (χ4n) is 1.75. The number of nitrogens with two attached hydrogens (primary N) is 1. The maximum atomic E-state index is 12.0. The van der Waals surface area contributed by atoms with Crippen molar-refractivity contribution in [1.29, 1.82) is 0 Å². The van der Waals surface area contributed by atoms with Gasteiger partial charge in [0.15, 0.2) is 5.76 Å². The number of hydrogen-bond donors (Lipinski definition) is 1. The first kappa shape index (κ1) is 11.9. The van der Waals surface area contributed by atoms with Gasteiger partial charge < -0.3 is 10.2 Å². The Labute approximate surface area is 101 Å². The number of ketones is 1. The zero-order valence-corrected chi connectivity index (χ0v) is 10.4. The van der Waals surface area contributed by atoms with Gasteiger partial charge in [0, 0.05) is 5.39 Å². The van der Waals surface area contributed by atoms with E-state index in [2.05, 4.69) is 0 Å². The van der Waals surface area contributed by atoms with Gasteiger partial charge in [-0.15, -0.1) is 0 Å². The summed E-state index contributed by atoms with van der Waals surface area (Å²) in [6.07, 6.45) is 0. The van der Waals surface area contributed by atoms with Gasteiger partial charge >= 0.3 is 0 Å². The van der Waals surface area contributed by atoms with Gasteiger partial charge in [-0.25, -0.2) is 0 Å². The van der Waals surface area contributed by atoms with Crippen LogP contribution in [0.1, 0.15) is 30.0 Å². The van der Waals surface area contributed by atoms with E-state index in [4.69, 9.17) is 10.2 Å². The first-order valence-electron chi connectivity index (χ1n) is 5.79. The van der Waals surface area contributed by atoms with E-state index in [-0.39, 0.29) is 11.7 Å². The summed E-state index contributed by atoms with van der Waals surface area (Å²) in [7, 11) is 0. The molecule has 0 aliphatic carbocycles. The van der Waals surface area contributed by atoms with Crippen molar-refractivity contribution in [3.63, 3.8) is 0 Å². The van der Waals surface area contributed by atoms with Gasteiger partial charge in [-0.1, -0.05) is 25.5 Å². The van der Waals surface area contributed by atoms with Gasteiger partial charge in [-0.3, -0.25) is 4.79 Å². The average Bonchev–Trinajstić information content (AvgIpc) is 2.69. The zero-order valence-electron chi connectivity index (χ0n) is 10.4. The fraction of sp³-hybridized carbons (Fsp3) is 0.357. The smallest absolute Gasteiger partial charge is 0.214 e. The predicted octanol–water partition coefficient (Wildman–Crippen LogP) is 2.91. The lowest BCUT2D eigenvalue weighted by Crippen LogP contribution is -2.35. The molecule has 90 valence electrons. The number of Topliss-reactive ketones (excluding diaryl/α,β-unsaturated/α-hetero) is 1. The molecule has 1 atom stereocenters. The summed E-state index contributed by atoms with van der Waals surface area (Å²) < 4.78 is 5.53. The van der Waals surface area contributed by atoms with Crippen LogP contribution in [0.5, 0.6) is 0 Å². The number of hydrogen-bond acceptors (Lipinski definition) is 3. The van der Waals surface area contributed by atoms with Crippen molar-refractivity contribution in [2.75, 3.05) is 0 Å². The van der Waals surface area contributed by atoms with Crippen molar-refractivity contribution in [2.24, 2.45) is 11.7 Å². The Morgan fingerprint density at radius 3 is 2.65 bits per heavy atom. The molecule has 2 rings (SSSR count). The molecule has 2 N–H and O–H groups in total. The lowest BCUT2D eigenvalue weighted by atomic mass is 9.99. The number of aryl methyl sites for hydroxylation is 1. The van der Waals surface area contributed by atoms with E-state index >= 15 is 0 Å². The van der Waals surface area contributed by atoms with Crippen molar-refractivity contribution in [2.45, 2.75) is 26.8 Å². The summed E-state index contributed by atoms with van der Waals surface area (Å²) in [6.45, 7) is 5.86. The van der Waals surface area contributed by atoms with E-state index in [1.165, 1.54) is 0 Å². The van der Waals surface area contributed by atoms with Gasteiger partial charge in [-0.05, 0) is 31.0 Å². The summed E-state index contributed by atoms with van der Waals surface area (Å²) in [5.74, 6) is 0.332.